The van der Waals surface area contributed by atoms with E-state index in [2.05, 4.69) is 0 Å². The Kier molecular flexibility index (Phi) is 14.1. The number of ether oxygens (including phenoxy) is 1. The zero-order valence-electron chi connectivity index (χ0n) is 35.7. The maximum absolute atomic E-state index is 13.6. The average Bonchev–Trinajstić information content (AvgIpc) is 3.78. The predicted octanol–water partition coefficient (Wildman–Crippen LogP) is -4.86. The number of carboxylic acids is 7. The minimum atomic E-state index is -1.89. The first-order valence-electron chi connectivity index (χ1n) is 20.7. The van der Waals surface area contributed by atoms with Crippen LogP contribution < -0.4 is 40.7 Å². The molecule has 1 aromatic heterocycles. The fraction of sp³-hybridized carbons (Fsp3) is 0.545. The summed E-state index contributed by atoms with van der Waals surface area (Å²) in [5.74, 6) is -13.7. The minimum Gasteiger partial charge on any atom is -0.674 e. The Hall–Kier alpha value is -6.09. The molecule has 6 rings (SSSR count). The van der Waals surface area contributed by atoms with Crippen LogP contribution in [0.4, 0.5) is 0 Å². The summed E-state index contributed by atoms with van der Waals surface area (Å²) in [5.41, 5.74) is -6.68. The van der Waals surface area contributed by atoms with Crippen molar-refractivity contribution < 1.29 is 95.6 Å². The van der Waals surface area contributed by atoms with Gasteiger partial charge in [0.25, 0.3) is 0 Å². The topological polar surface area (TPSA) is 360 Å². The molecule has 0 amide bonds. The second kappa shape index (κ2) is 18.4. The average molecular weight is 943 g/mol. The quantitative estimate of drug-likeness (QED) is 0.125. The predicted molar refractivity (Wildman–Crippen MR) is 203 cm³/mol. The van der Waals surface area contributed by atoms with Crippen molar-refractivity contribution in [2.75, 3.05) is 0 Å². The number of carbonyl (C=O) groups excluding carboxylic acids is 8. The standard InChI is InChI=1S/C44H51N4O16.Co/c1-20-44-40-25(14-37(59)60)41(2,12-11-35(55)56)30(47-40)16-27-21(5-8-32(49)50)22(13-36(57)58)26(45-27)15-28-23(6-9-33(51)52)42(3,18-38(61)62)31(46-28)17-29(48-44)24(7-10-34(53)54)43(44,4)19-39(63)64-20;/h15,17,20,23-24H,5-14,16,18-19H2,1-4H3,(H8,46,48,49,50,51,52,53,54,55,56,57,58,59,60,61,62);/q-1;/p-8/t20?,23-,24-,41-,42+,43+,44?;/m1./s1. The number of carboxylic acid groups (broad SMARTS) is 7. The van der Waals surface area contributed by atoms with Gasteiger partial charge in [-0.25, -0.2) is 0 Å². The maximum Gasteiger partial charge on any atom is 0.306 e. The van der Waals surface area contributed by atoms with Gasteiger partial charge in [-0.05, 0) is 93.6 Å². The molecule has 2 saturated heterocycles. The van der Waals surface area contributed by atoms with E-state index in [0.29, 0.717) is 0 Å². The van der Waals surface area contributed by atoms with Crippen LogP contribution >= 0.6 is 0 Å². The molecule has 1 radical (unpaired) electrons. The summed E-state index contributed by atoms with van der Waals surface area (Å²) in [6, 6.07) is 0. The van der Waals surface area contributed by atoms with Gasteiger partial charge >= 0.3 is 5.97 Å². The third-order valence-electron chi connectivity index (χ3n) is 13.9. The number of rotatable bonds is 18. The van der Waals surface area contributed by atoms with E-state index in [1.807, 2.05) is 0 Å². The normalized spacial score (nSPS) is 28.7. The largest absolute Gasteiger partial charge is 0.674 e. The van der Waals surface area contributed by atoms with E-state index in [1.54, 1.807) is 6.92 Å². The Morgan fingerprint density at radius 1 is 0.754 bits per heavy atom. The summed E-state index contributed by atoms with van der Waals surface area (Å²) >= 11 is 0. The van der Waals surface area contributed by atoms with Crippen LogP contribution in [-0.2, 0) is 79.1 Å². The number of aliphatic imine (C=N–C) groups is 2. The number of esters is 1. The molecule has 1 aromatic rings. The van der Waals surface area contributed by atoms with Crippen molar-refractivity contribution in [2.45, 2.75) is 123 Å². The van der Waals surface area contributed by atoms with E-state index in [9.17, 15) is 74.1 Å². The van der Waals surface area contributed by atoms with Crippen LogP contribution in [0, 0.1) is 28.1 Å². The van der Waals surface area contributed by atoms with E-state index >= 15 is 0 Å². The van der Waals surface area contributed by atoms with Gasteiger partial charge in [-0.1, -0.05) is 44.1 Å². The van der Waals surface area contributed by atoms with E-state index in [0.717, 1.165) is 0 Å². The van der Waals surface area contributed by atoms with Crippen molar-refractivity contribution in [3.8, 4) is 0 Å². The first kappa shape index (κ1) is 49.9. The Bertz CT molecular complexity index is 2410. The van der Waals surface area contributed by atoms with Crippen molar-refractivity contribution in [2.24, 2.45) is 38.1 Å². The second-order valence-corrected chi connectivity index (χ2v) is 17.8. The van der Waals surface area contributed by atoms with Gasteiger partial charge in [0.2, 0.25) is 0 Å². The molecule has 2 unspecified atom stereocenters. The van der Waals surface area contributed by atoms with Crippen LogP contribution in [0.5, 0.6) is 0 Å². The number of hydrogen-bond acceptors (Lipinski definition) is 18. The molecule has 65 heavy (non-hydrogen) atoms. The number of fused-ring (bicyclic) bond motifs is 5. The third-order valence-corrected chi connectivity index (χ3v) is 13.9. The van der Waals surface area contributed by atoms with Crippen molar-refractivity contribution in [3.63, 3.8) is 0 Å². The summed E-state index contributed by atoms with van der Waals surface area (Å²) in [7, 11) is 0. The van der Waals surface area contributed by atoms with Gasteiger partial charge in [0.15, 0.2) is 0 Å². The maximum atomic E-state index is 13.6. The summed E-state index contributed by atoms with van der Waals surface area (Å²) in [5, 5.41) is 91.0. The minimum absolute atomic E-state index is 0. The molecule has 20 nitrogen and oxygen atoms in total. The van der Waals surface area contributed by atoms with Gasteiger partial charge in [0, 0.05) is 111 Å². The van der Waals surface area contributed by atoms with Crippen LogP contribution in [0.25, 0.3) is 11.4 Å². The molecule has 1 spiro atoms. The first-order chi connectivity index (χ1) is 29.9. The SMILES string of the molecule is CC1OC(=O)C[C@@]2(C)[C@H](CCC(=O)[O-])C3=CC4=NC(=Cc5[n-]c(c(CCC(=O)[O-])c5CC(=O)[O-])CC5=NC(=C(CC(=O)[O-])[C@@]5(C)CCC(=O)[O-])C12[N-]3)[C@@H](CCC(=O)[O-])[C@]4(C)CC(=O)[O-].[Co]. The Morgan fingerprint density at radius 3 is 1.92 bits per heavy atom. The van der Waals surface area contributed by atoms with Gasteiger partial charge in [0.05, 0.1) is 12.5 Å². The van der Waals surface area contributed by atoms with Gasteiger partial charge < -0.3 is 84.3 Å². The van der Waals surface area contributed by atoms with Gasteiger partial charge in [-0.2, -0.15) is 11.4 Å². The van der Waals surface area contributed by atoms with Gasteiger partial charge in [-0.3, -0.25) is 14.8 Å². The van der Waals surface area contributed by atoms with Crippen LogP contribution in [-0.4, -0.2) is 70.8 Å². The third kappa shape index (κ3) is 9.12. The molecule has 2 fully saturated rings. The van der Waals surface area contributed by atoms with Crippen LogP contribution in [0.2, 0.25) is 0 Å². The van der Waals surface area contributed by atoms with E-state index < -0.39 is 145 Å². The van der Waals surface area contributed by atoms with Crippen molar-refractivity contribution in [1.29, 1.82) is 0 Å². The molecule has 5 aliphatic heterocycles. The molecule has 0 saturated carbocycles. The molecule has 8 bridgehead atoms. The smallest absolute Gasteiger partial charge is 0.306 e. The molecule has 7 atom stereocenters. The van der Waals surface area contributed by atoms with E-state index in [-0.39, 0.29) is 99.1 Å². The molecular formula is C44H43CoN4O16-9. The summed E-state index contributed by atoms with van der Waals surface area (Å²) < 4.78 is 5.87. The second-order valence-electron chi connectivity index (χ2n) is 17.8. The van der Waals surface area contributed by atoms with Crippen molar-refractivity contribution in [3.05, 3.63) is 56.6 Å². The zero-order chi connectivity index (χ0) is 47.3. The Balaban J connectivity index is 0.00000793. The van der Waals surface area contributed by atoms with Crippen LogP contribution in [0.3, 0.4) is 0 Å². The number of aromatic nitrogens is 1. The number of cyclic esters (lactones) is 1. The molecule has 21 heteroatoms. The molecule has 0 aliphatic carbocycles. The van der Waals surface area contributed by atoms with Gasteiger partial charge in [-0.15, -0.1) is 5.69 Å². The number of nitrogens with zero attached hydrogens (tertiary/aromatic N) is 4. The molecule has 5 aliphatic rings. The van der Waals surface area contributed by atoms with Crippen molar-refractivity contribution >= 4 is 65.3 Å². The summed E-state index contributed by atoms with van der Waals surface area (Å²) in [4.78, 5) is 114. The molecule has 353 valence electrons. The van der Waals surface area contributed by atoms with Gasteiger partial charge in [0.1, 0.15) is 0 Å². The summed E-state index contributed by atoms with van der Waals surface area (Å²) in [6.07, 6.45) is -5.64. The molecule has 0 aromatic carbocycles. The van der Waals surface area contributed by atoms with E-state index in [4.69, 9.17) is 25.0 Å². The zero-order valence-corrected chi connectivity index (χ0v) is 36.8. The first-order valence-corrected chi connectivity index (χ1v) is 20.7. The van der Waals surface area contributed by atoms with Crippen molar-refractivity contribution in [1.82, 2.24) is 4.98 Å². The number of aliphatic carboxylic acids is 7. The Morgan fingerprint density at radius 2 is 1.35 bits per heavy atom. The number of carbonyl (C=O) groups is 8. The molecular weight excluding hydrogens is 899 g/mol. The van der Waals surface area contributed by atoms with E-state index in [1.165, 1.54) is 32.9 Å². The molecule has 0 N–H and O–H groups in total. The number of hydrogen-bond donors (Lipinski definition) is 0. The summed E-state index contributed by atoms with van der Waals surface area (Å²) in [6.45, 7) is 6.09. The number of allylic oxidation sites excluding steroid dienone is 3. The van der Waals surface area contributed by atoms with Crippen LogP contribution in [0.1, 0.15) is 114 Å². The monoisotopic (exact) mass is 942 g/mol. The molecule has 6 heterocycles. The Labute approximate surface area is 382 Å². The fourth-order valence-electron chi connectivity index (χ4n) is 10.8. The fourth-order valence-corrected chi connectivity index (χ4v) is 10.8. The van der Waals surface area contributed by atoms with Crippen LogP contribution in [0.15, 0.2) is 38.7 Å².